The van der Waals surface area contributed by atoms with E-state index in [1.54, 1.807) is 12.2 Å². The van der Waals surface area contributed by atoms with Crippen molar-refractivity contribution in [2.24, 2.45) is 0 Å². The lowest BCUT2D eigenvalue weighted by Crippen LogP contribution is -2.19. The molecule has 0 radical (unpaired) electrons. The summed E-state index contributed by atoms with van der Waals surface area (Å²) in [5, 5.41) is -0.652. The minimum absolute atomic E-state index is 0. The average Bonchev–Trinajstić information content (AvgIpc) is 1.88. The van der Waals surface area contributed by atoms with E-state index in [0.29, 0.717) is 6.42 Å². The molecule has 3 nitrogen and oxygen atoms in total. The van der Waals surface area contributed by atoms with E-state index in [4.69, 9.17) is 4.55 Å². The molecule has 1 aliphatic carbocycles. The van der Waals surface area contributed by atoms with Crippen molar-refractivity contribution in [1.29, 1.82) is 0 Å². The van der Waals surface area contributed by atoms with E-state index in [1.807, 2.05) is 0 Å². The Hall–Kier alpha value is -0.0600. The van der Waals surface area contributed by atoms with Gasteiger partial charge in [0, 0.05) is 0 Å². The highest BCUT2D eigenvalue weighted by atomic mass is 35.5. The van der Waals surface area contributed by atoms with Gasteiger partial charge in [-0.05, 0) is 19.3 Å². The molecule has 1 rings (SSSR count). The van der Waals surface area contributed by atoms with Gasteiger partial charge in [0.2, 0.25) is 0 Å². The second-order valence-corrected chi connectivity index (χ2v) is 4.05. The lowest BCUT2D eigenvalue weighted by Gasteiger charge is -2.11. The molecule has 0 heterocycles. The van der Waals surface area contributed by atoms with Gasteiger partial charge in [0.1, 0.15) is 5.25 Å². The van der Waals surface area contributed by atoms with Crippen molar-refractivity contribution in [2.45, 2.75) is 24.5 Å². The SMILES string of the molecule is Cl.O=S(=O)(O)C1C=CCCC1. The van der Waals surface area contributed by atoms with Crippen molar-refractivity contribution in [3.8, 4) is 0 Å². The summed E-state index contributed by atoms with van der Waals surface area (Å²) in [6.45, 7) is 0. The van der Waals surface area contributed by atoms with Gasteiger partial charge >= 0.3 is 0 Å². The van der Waals surface area contributed by atoms with Crippen LogP contribution in [0.15, 0.2) is 12.2 Å². The van der Waals surface area contributed by atoms with Gasteiger partial charge in [0.15, 0.2) is 0 Å². The summed E-state index contributed by atoms with van der Waals surface area (Å²) in [5.74, 6) is 0. The molecule has 0 aromatic carbocycles. The average molecular weight is 199 g/mol. The summed E-state index contributed by atoms with van der Waals surface area (Å²) in [5.41, 5.74) is 0. The van der Waals surface area contributed by atoms with Gasteiger partial charge in [-0.25, -0.2) is 0 Å². The third kappa shape index (κ3) is 3.22. The van der Waals surface area contributed by atoms with Gasteiger partial charge in [-0.15, -0.1) is 12.4 Å². The zero-order valence-corrected chi connectivity index (χ0v) is 7.57. The molecule has 0 saturated carbocycles. The number of rotatable bonds is 1. The van der Waals surface area contributed by atoms with E-state index in [2.05, 4.69) is 0 Å². The van der Waals surface area contributed by atoms with Crippen molar-refractivity contribution in [2.75, 3.05) is 0 Å². The van der Waals surface area contributed by atoms with Crippen molar-refractivity contribution >= 4 is 22.5 Å². The second kappa shape index (κ2) is 4.09. The van der Waals surface area contributed by atoms with E-state index < -0.39 is 15.4 Å². The summed E-state index contributed by atoms with van der Waals surface area (Å²) >= 11 is 0. The number of halogens is 1. The maximum absolute atomic E-state index is 10.5. The molecule has 1 N–H and O–H groups in total. The largest absolute Gasteiger partial charge is 0.285 e. The van der Waals surface area contributed by atoms with Gasteiger partial charge < -0.3 is 0 Å². The van der Waals surface area contributed by atoms with Crippen LogP contribution in [-0.2, 0) is 10.1 Å². The van der Waals surface area contributed by atoms with Gasteiger partial charge in [0.25, 0.3) is 10.1 Å². The lowest BCUT2D eigenvalue weighted by atomic mass is 10.1. The summed E-state index contributed by atoms with van der Waals surface area (Å²) in [6.07, 6.45) is 5.67. The molecule has 1 unspecified atom stereocenters. The van der Waals surface area contributed by atoms with Crippen molar-refractivity contribution in [3.63, 3.8) is 0 Å². The molecule has 0 saturated heterocycles. The molecule has 1 aliphatic rings. The van der Waals surface area contributed by atoms with Crippen molar-refractivity contribution in [1.82, 2.24) is 0 Å². The summed E-state index contributed by atoms with van der Waals surface area (Å²) in [6, 6.07) is 0. The van der Waals surface area contributed by atoms with Crippen LogP contribution in [-0.4, -0.2) is 18.2 Å². The minimum Gasteiger partial charge on any atom is -0.285 e. The summed E-state index contributed by atoms with van der Waals surface area (Å²) in [4.78, 5) is 0. The number of hydrogen-bond acceptors (Lipinski definition) is 2. The molecule has 0 bridgehead atoms. The van der Waals surface area contributed by atoms with Gasteiger partial charge in [-0.2, -0.15) is 8.42 Å². The Labute approximate surface area is 72.7 Å². The van der Waals surface area contributed by atoms with Crippen molar-refractivity contribution in [3.05, 3.63) is 12.2 Å². The molecule has 0 spiro atoms. The number of hydrogen-bond donors (Lipinski definition) is 1. The van der Waals surface area contributed by atoms with Crippen LogP contribution in [0, 0.1) is 0 Å². The first-order valence-electron chi connectivity index (χ1n) is 3.23. The van der Waals surface area contributed by atoms with Crippen LogP contribution in [0.2, 0.25) is 0 Å². The third-order valence-electron chi connectivity index (χ3n) is 1.59. The monoisotopic (exact) mass is 198 g/mol. The predicted octanol–water partition coefficient (Wildman–Crippen LogP) is 1.40. The zero-order chi connectivity index (χ0) is 7.61. The Balaban J connectivity index is 0.000001000. The first kappa shape index (κ1) is 10.9. The van der Waals surface area contributed by atoms with Crippen LogP contribution in [0.25, 0.3) is 0 Å². The summed E-state index contributed by atoms with van der Waals surface area (Å²) < 4.78 is 29.5. The minimum atomic E-state index is -3.81. The highest BCUT2D eigenvalue weighted by Crippen LogP contribution is 2.15. The Bertz CT molecular complexity index is 232. The van der Waals surface area contributed by atoms with Crippen LogP contribution < -0.4 is 0 Å². The standard InChI is InChI=1S/C6H10O3S.ClH/c7-10(8,9)6-4-2-1-3-5-6;/h2,4,6H,1,3,5H2,(H,7,8,9);1H. The molecule has 0 aromatic heterocycles. The molecule has 0 aliphatic heterocycles. The molecule has 5 heteroatoms. The molecule has 11 heavy (non-hydrogen) atoms. The first-order valence-corrected chi connectivity index (χ1v) is 4.74. The Morgan fingerprint density at radius 3 is 2.36 bits per heavy atom. The molecular formula is C6H11ClO3S. The predicted molar refractivity (Wildman–Crippen MR) is 45.6 cm³/mol. The quantitative estimate of drug-likeness (QED) is 0.512. The van der Waals surface area contributed by atoms with E-state index in [1.165, 1.54) is 0 Å². The third-order valence-corrected chi connectivity index (χ3v) is 2.75. The zero-order valence-electron chi connectivity index (χ0n) is 5.93. The Kier molecular flexibility index (Phi) is 4.07. The second-order valence-electron chi connectivity index (χ2n) is 2.41. The van der Waals surface area contributed by atoms with E-state index in [0.717, 1.165) is 12.8 Å². The Morgan fingerprint density at radius 2 is 2.09 bits per heavy atom. The molecular weight excluding hydrogens is 188 g/mol. The molecule has 1 atom stereocenters. The molecule has 0 amide bonds. The van der Waals surface area contributed by atoms with Gasteiger partial charge in [-0.1, -0.05) is 12.2 Å². The molecule has 0 aromatic rings. The molecule has 66 valence electrons. The first-order chi connectivity index (χ1) is 4.61. The number of allylic oxidation sites excluding steroid dienone is 1. The van der Waals surface area contributed by atoms with E-state index >= 15 is 0 Å². The molecule has 0 fully saturated rings. The normalized spacial score (nSPS) is 24.3. The van der Waals surface area contributed by atoms with Crippen LogP contribution in [0.3, 0.4) is 0 Å². The highest BCUT2D eigenvalue weighted by molar-refractivity contribution is 7.86. The van der Waals surface area contributed by atoms with E-state index in [-0.39, 0.29) is 12.4 Å². The lowest BCUT2D eigenvalue weighted by molar-refractivity contribution is 0.468. The fraction of sp³-hybridized carbons (Fsp3) is 0.667. The fourth-order valence-electron chi connectivity index (χ4n) is 1.03. The fourth-order valence-corrected chi connectivity index (χ4v) is 1.80. The van der Waals surface area contributed by atoms with Crippen LogP contribution in [0.4, 0.5) is 0 Å². The van der Waals surface area contributed by atoms with Crippen LogP contribution in [0.5, 0.6) is 0 Å². The van der Waals surface area contributed by atoms with Crippen LogP contribution in [0.1, 0.15) is 19.3 Å². The maximum atomic E-state index is 10.5. The summed E-state index contributed by atoms with van der Waals surface area (Å²) in [7, 11) is -3.81. The van der Waals surface area contributed by atoms with Gasteiger partial charge in [-0.3, -0.25) is 4.55 Å². The maximum Gasteiger partial charge on any atom is 0.271 e. The van der Waals surface area contributed by atoms with Crippen LogP contribution >= 0.6 is 12.4 Å². The topological polar surface area (TPSA) is 54.4 Å². The Morgan fingerprint density at radius 1 is 1.45 bits per heavy atom. The smallest absolute Gasteiger partial charge is 0.271 e. The highest BCUT2D eigenvalue weighted by Gasteiger charge is 2.20. The van der Waals surface area contributed by atoms with Gasteiger partial charge in [0.05, 0.1) is 0 Å². The van der Waals surface area contributed by atoms with E-state index in [9.17, 15) is 8.42 Å². The van der Waals surface area contributed by atoms with Crippen molar-refractivity contribution < 1.29 is 13.0 Å².